The molecule has 0 aliphatic heterocycles. The van der Waals surface area contributed by atoms with Crippen molar-refractivity contribution in [2.75, 3.05) is 12.9 Å². The van der Waals surface area contributed by atoms with Crippen LogP contribution in [0.2, 0.25) is 0 Å². The van der Waals surface area contributed by atoms with E-state index in [2.05, 4.69) is 37.6 Å². The monoisotopic (exact) mass is 414 g/mol. The number of ether oxygens (including phenoxy) is 1. The van der Waals surface area contributed by atoms with E-state index in [1.807, 2.05) is 24.3 Å². The van der Waals surface area contributed by atoms with Crippen LogP contribution >= 0.6 is 23.1 Å². The van der Waals surface area contributed by atoms with Gasteiger partial charge in [0.2, 0.25) is 5.91 Å². The summed E-state index contributed by atoms with van der Waals surface area (Å²) < 4.78 is 7.44. The fourth-order valence-corrected chi connectivity index (χ4v) is 4.51. The molecule has 3 aromatic rings. The molecule has 0 saturated heterocycles. The lowest BCUT2D eigenvalue weighted by Crippen LogP contribution is -2.24. The fraction of sp³-hybridized carbons (Fsp3) is 0.350. The fourth-order valence-electron chi connectivity index (χ4n) is 2.96. The molecule has 1 N–H and O–H groups in total. The highest BCUT2D eigenvalue weighted by Crippen LogP contribution is 2.39. The number of thioether (sulfide) groups is 1. The molecule has 28 heavy (non-hydrogen) atoms. The third kappa shape index (κ3) is 4.74. The Labute approximate surface area is 172 Å². The number of nitrogens with one attached hydrogen (secondary N) is 1. The molecule has 2 aromatic heterocycles. The Morgan fingerprint density at radius 2 is 2.21 bits per heavy atom. The maximum Gasteiger partial charge on any atom is 0.230 e. The van der Waals surface area contributed by atoms with Gasteiger partial charge in [0.25, 0.3) is 0 Å². The van der Waals surface area contributed by atoms with Gasteiger partial charge in [-0.1, -0.05) is 30.0 Å². The minimum atomic E-state index is -0.0158. The Hall–Kier alpha value is -2.32. The molecule has 1 aromatic carbocycles. The van der Waals surface area contributed by atoms with Crippen molar-refractivity contribution in [3.05, 3.63) is 58.0 Å². The molecule has 0 bridgehead atoms. The second-order valence-corrected chi connectivity index (χ2v) is 8.65. The zero-order chi connectivity index (χ0) is 19.3. The van der Waals surface area contributed by atoms with Crippen molar-refractivity contribution in [3.63, 3.8) is 0 Å². The second kappa shape index (κ2) is 8.79. The predicted molar refractivity (Wildman–Crippen MR) is 111 cm³/mol. The predicted octanol–water partition coefficient (Wildman–Crippen LogP) is 3.68. The molecule has 1 aliphatic rings. The van der Waals surface area contributed by atoms with Crippen LogP contribution in [0.3, 0.4) is 0 Å². The highest BCUT2D eigenvalue weighted by Gasteiger charge is 2.29. The summed E-state index contributed by atoms with van der Waals surface area (Å²) in [6.45, 7) is 0.482. The number of carbonyl (C=O) groups is 1. The number of nitrogens with zero attached hydrogens (tertiary/aromatic N) is 3. The molecule has 1 amide bonds. The van der Waals surface area contributed by atoms with Crippen LogP contribution in [-0.2, 0) is 17.8 Å². The van der Waals surface area contributed by atoms with Gasteiger partial charge >= 0.3 is 0 Å². The maximum absolute atomic E-state index is 12.3. The Kier molecular flexibility index (Phi) is 5.97. The normalized spacial score (nSPS) is 13.5. The summed E-state index contributed by atoms with van der Waals surface area (Å²) in [7, 11) is 1.64. The molecule has 8 heteroatoms. The lowest BCUT2D eigenvalue weighted by molar-refractivity contribution is -0.118. The van der Waals surface area contributed by atoms with E-state index >= 15 is 0 Å². The molecular weight excluding hydrogens is 392 g/mol. The molecule has 2 heterocycles. The molecule has 0 spiro atoms. The lowest BCUT2D eigenvalue weighted by Gasteiger charge is -2.09. The van der Waals surface area contributed by atoms with Gasteiger partial charge in [0.05, 0.1) is 12.9 Å². The molecule has 1 fully saturated rings. The van der Waals surface area contributed by atoms with Crippen molar-refractivity contribution in [1.82, 2.24) is 20.1 Å². The van der Waals surface area contributed by atoms with E-state index in [-0.39, 0.29) is 5.91 Å². The Bertz CT molecular complexity index is 936. The number of amides is 1. The first-order valence-electron chi connectivity index (χ1n) is 9.21. The molecule has 0 atom stereocenters. The van der Waals surface area contributed by atoms with Crippen LogP contribution in [0.4, 0.5) is 0 Å². The number of hydrogen-bond acceptors (Lipinski definition) is 6. The number of hydrogen-bond donors (Lipinski definition) is 1. The number of methoxy groups -OCH3 is 1. The van der Waals surface area contributed by atoms with Crippen LogP contribution in [0, 0.1) is 0 Å². The summed E-state index contributed by atoms with van der Waals surface area (Å²) in [5.41, 5.74) is 1.01. The van der Waals surface area contributed by atoms with Crippen LogP contribution in [0.25, 0.3) is 0 Å². The van der Waals surface area contributed by atoms with Gasteiger partial charge in [-0.05, 0) is 42.0 Å². The topological polar surface area (TPSA) is 69.0 Å². The Morgan fingerprint density at radius 1 is 1.32 bits per heavy atom. The first-order valence-corrected chi connectivity index (χ1v) is 11.1. The zero-order valence-corrected chi connectivity index (χ0v) is 17.3. The molecule has 1 saturated carbocycles. The van der Waals surface area contributed by atoms with E-state index in [0.29, 0.717) is 18.3 Å². The quantitative estimate of drug-likeness (QED) is 0.541. The first-order chi connectivity index (χ1) is 13.7. The summed E-state index contributed by atoms with van der Waals surface area (Å²) in [6, 6.07) is 12.4. The van der Waals surface area contributed by atoms with Gasteiger partial charge in [0, 0.05) is 23.9 Å². The minimum Gasteiger partial charge on any atom is -0.497 e. The van der Waals surface area contributed by atoms with Crippen molar-refractivity contribution in [2.24, 2.45) is 0 Å². The van der Waals surface area contributed by atoms with Crippen molar-refractivity contribution in [2.45, 2.75) is 37.0 Å². The van der Waals surface area contributed by atoms with Gasteiger partial charge in [-0.25, -0.2) is 0 Å². The highest BCUT2D eigenvalue weighted by atomic mass is 32.2. The maximum atomic E-state index is 12.3. The summed E-state index contributed by atoms with van der Waals surface area (Å²) >= 11 is 3.19. The number of thiophene rings is 1. The van der Waals surface area contributed by atoms with Gasteiger partial charge < -0.3 is 14.6 Å². The number of rotatable bonds is 9. The highest BCUT2D eigenvalue weighted by molar-refractivity contribution is 7.99. The number of aromatic nitrogens is 3. The Balaban J connectivity index is 1.34. The molecule has 0 radical (unpaired) electrons. The SMILES string of the molecule is COc1cccc(CNC(=O)CSc2nnc(Cc3cccs3)n2C2CC2)c1. The molecule has 6 nitrogen and oxygen atoms in total. The number of carbonyl (C=O) groups excluding carboxylic acids is 1. The van der Waals surface area contributed by atoms with E-state index in [1.165, 1.54) is 16.6 Å². The second-order valence-electron chi connectivity index (χ2n) is 6.67. The average molecular weight is 415 g/mol. The van der Waals surface area contributed by atoms with E-state index in [1.54, 1.807) is 18.4 Å². The van der Waals surface area contributed by atoms with E-state index in [4.69, 9.17) is 4.74 Å². The third-order valence-electron chi connectivity index (χ3n) is 4.52. The molecule has 0 unspecified atom stereocenters. The summed E-state index contributed by atoms with van der Waals surface area (Å²) in [5, 5.41) is 14.6. The summed E-state index contributed by atoms with van der Waals surface area (Å²) in [6.07, 6.45) is 3.11. The molecule has 1 aliphatic carbocycles. The van der Waals surface area contributed by atoms with Gasteiger partial charge in [-0.2, -0.15) is 0 Å². The molecular formula is C20H22N4O2S2. The third-order valence-corrected chi connectivity index (χ3v) is 6.34. The largest absolute Gasteiger partial charge is 0.497 e. The molecule has 4 rings (SSSR count). The van der Waals surface area contributed by atoms with Gasteiger partial charge in [0.1, 0.15) is 11.6 Å². The van der Waals surface area contributed by atoms with Crippen LogP contribution in [0.5, 0.6) is 5.75 Å². The summed E-state index contributed by atoms with van der Waals surface area (Å²) in [4.78, 5) is 13.6. The van der Waals surface area contributed by atoms with Crippen LogP contribution in [-0.4, -0.2) is 33.5 Å². The van der Waals surface area contributed by atoms with Crippen molar-refractivity contribution >= 4 is 29.0 Å². The van der Waals surface area contributed by atoms with Crippen LogP contribution < -0.4 is 10.1 Å². The number of benzene rings is 1. The van der Waals surface area contributed by atoms with Crippen molar-refractivity contribution in [3.8, 4) is 5.75 Å². The zero-order valence-electron chi connectivity index (χ0n) is 15.6. The smallest absolute Gasteiger partial charge is 0.230 e. The van der Waals surface area contributed by atoms with Gasteiger partial charge in [0.15, 0.2) is 5.16 Å². The molecule has 146 valence electrons. The average Bonchev–Trinajstić information content (AvgIpc) is 3.27. The summed E-state index contributed by atoms with van der Waals surface area (Å²) in [5.74, 6) is 2.09. The first kappa shape index (κ1) is 19.0. The lowest BCUT2D eigenvalue weighted by atomic mass is 10.2. The van der Waals surface area contributed by atoms with E-state index < -0.39 is 0 Å². The van der Waals surface area contributed by atoms with Crippen LogP contribution in [0.15, 0.2) is 46.9 Å². The van der Waals surface area contributed by atoms with E-state index in [9.17, 15) is 4.79 Å². The van der Waals surface area contributed by atoms with Crippen LogP contribution in [0.1, 0.15) is 35.1 Å². The van der Waals surface area contributed by atoms with Crippen molar-refractivity contribution < 1.29 is 9.53 Å². The Morgan fingerprint density at radius 3 is 2.96 bits per heavy atom. The van der Waals surface area contributed by atoms with Gasteiger partial charge in [-0.15, -0.1) is 21.5 Å². The van der Waals surface area contributed by atoms with Crippen molar-refractivity contribution in [1.29, 1.82) is 0 Å². The van der Waals surface area contributed by atoms with Gasteiger partial charge in [-0.3, -0.25) is 4.79 Å². The minimum absolute atomic E-state index is 0.0158. The standard InChI is InChI=1S/C20H22N4O2S2/c1-26-16-5-2-4-14(10-16)12-21-19(25)13-28-20-23-22-18(24(20)15-7-8-15)11-17-6-3-9-27-17/h2-6,9-10,15H,7-8,11-13H2,1H3,(H,21,25). The van der Waals surface area contributed by atoms with E-state index in [0.717, 1.165) is 41.6 Å².